The Morgan fingerprint density at radius 2 is 1.62 bits per heavy atom. The summed E-state index contributed by atoms with van der Waals surface area (Å²) in [5.41, 5.74) is 1.37. The smallest absolute Gasteiger partial charge is 0.272 e. The molecule has 3 aromatic rings. The predicted molar refractivity (Wildman–Crippen MR) is 213 cm³/mol. The van der Waals surface area contributed by atoms with Crippen LogP contribution in [0.1, 0.15) is 125 Å². The summed E-state index contributed by atoms with van der Waals surface area (Å²) in [7, 11) is 0. The summed E-state index contributed by atoms with van der Waals surface area (Å²) < 4.78 is 15.0. The summed E-state index contributed by atoms with van der Waals surface area (Å²) in [6.45, 7) is 6.42. The minimum absolute atomic E-state index is 0.000611. The van der Waals surface area contributed by atoms with Gasteiger partial charge in [0.2, 0.25) is 5.91 Å². The molecule has 5 aliphatic rings. The van der Waals surface area contributed by atoms with Gasteiger partial charge < -0.3 is 14.9 Å². The maximum Gasteiger partial charge on any atom is 0.272 e. The van der Waals surface area contributed by atoms with Crippen molar-refractivity contribution < 1.29 is 23.9 Å². The zero-order chi connectivity index (χ0) is 39.2. The molecule has 56 heavy (non-hydrogen) atoms. The maximum absolute atomic E-state index is 15.0. The number of aliphatic hydroxyl groups is 1. The number of aliphatic hydroxyl groups excluding tert-OH is 1. The second-order valence-electron chi connectivity index (χ2n) is 18.5. The molecule has 300 valence electrons. The number of hydrogen-bond donors (Lipinski definition) is 2. The summed E-state index contributed by atoms with van der Waals surface area (Å²) in [5.74, 6) is 2.59. The fourth-order valence-electron chi connectivity index (χ4n) is 12.4. The molecule has 1 aliphatic heterocycles. The number of nitrogens with one attached hydrogen (secondary N) is 1. The third kappa shape index (κ3) is 7.24. The molecule has 0 bridgehead atoms. The fourth-order valence-corrected chi connectivity index (χ4v) is 12.4. The molecule has 2 aromatic carbocycles. The first-order valence-corrected chi connectivity index (χ1v) is 21.5. The highest BCUT2D eigenvalue weighted by Gasteiger charge is 2.62. The third-order valence-electron chi connectivity index (χ3n) is 15.7. The largest absolute Gasteiger partial charge is 0.393 e. The number of fused-ring (bicyclic) bond motifs is 6. The van der Waals surface area contributed by atoms with Gasteiger partial charge in [0.1, 0.15) is 11.6 Å². The van der Waals surface area contributed by atoms with E-state index in [-0.39, 0.29) is 39.9 Å². The van der Waals surface area contributed by atoms with Crippen molar-refractivity contribution in [2.75, 3.05) is 26.2 Å². The monoisotopic (exact) mass is 766 g/mol. The van der Waals surface area contributed by atoms with Gasteiger partial charge in [-0.3, -0.25) is 19.2 Å². The Kier molecular flexibility index (Phi) is 11.0. The molecule has 2 heterocycles. The van der Waals surface area contributed by atoms with Crippen molar-refractivity contribution in [3.8, 4) is 0 Å². The normalized spacial score (nSPS) is 31.5. The van der Waals surface area contributed by atoms with Crippen molar-refractivity contribution >= 4 is 28.4 Å². The van der Waals surface area contributed by atoms with Crippen LogP contribution in [0, 0.1) is 46.2 Å². The molecule has 0 radical (unpaired) electrons. The molecule has 1 aromatic heterocycles. The number of amides is 2. The number of nitrogens with zero attached hydrogens (tertiary/aromatic N) is 3. The van der Waals surface area contributed by atoms with E-state index in [1.54, 1.807) is 29.2 Å². The van der Waals surface area contributed by atoms with Gasteiger partial charge >= 0.3 is 0 Å². The van der Waals surface area contributed by atoms with Crippen molar-refractivity contribution in [3.05, 3.63) is 75.5 Å². The van der Waals surface area contributed by atoms with Gasteiger partial charge in [0.25, 0.3) is 11.5 Å². The molecule has 2 N–H and O–H groups in total. The average Bonchev–Trinajstić information content (AvgIpc) is 3.51. The highest BCUT2D eigenvalue weighted by molar-refractivity contribution is 5.95. The number of hydrogen-bond acceptors (Lipinski definition) is 6. The lowest BCUT2D eigenvalue weighted by Gasteiger charge is -2.62. The van der Waals surface area contributed by atoms with Crippen molar-refractivity contribution in [1.29, 1.82) is 0 Å². The molecule has 10 heteroatoms. The molecular weight excluding hydrogens is 708 g/mol. The molecule has 4 aliphatic carbocycles. The van der Waals surface area contributed by atoms with Gasteiger partial charge in [-0.15, -0.1) is 0 Å². The zero-order valence-electron chi connectivity index (χ0n) is 33.2. The van der Waals surface area contributed by atoms with Gasteiger partial charge in [0.15, 0.2) is 0 Å². The molecule has 0 spiro atoms. The van der Waals surface area contributed by atoms with Gasteiger partial charge in [0.05, 0.1) is 22.7 Å². The quantitative estimate of drug-likeness (QED) is 0.207. The maximum atomic E-state index is 15.0. The molecule has 1 saturated heterocycles. The SMILES string of the molecule is C[C@]12CCC(=O)C[C@@H]1C[C@@H](CCCCCCC(=O)N1CCN(C(=O)c3cc(Cc4n[nH]c(=O)c5ccccc45)ccc3F)CC1)[C@@H]1[C@@H]2CC[C@]2(C)[C@@H](O)CC[C@@H]12. The number of ketones is 1. The van der Waals surface area contributed by atoms with Crippen LogP contribution in [-0.4, -0.2) is 75.0 Å². The lowest BCUT2D eigenvalue weighted by atomic mass is 9.42. The van der Waals surface area contributed by atoms with Gasteiger partial charge in [-0.25, -0.2) is 9.49 Å². The Balaban J connectivity index is 0.802. The van der Waals surface area contributed by atoms with E-state index in [0.29, 0.717) is 91.0 Å². The van der Waals surface area contributed by atoms with Crippen LogP contribution in [0.5, 0.6) is 0 Å². The number of aromatic nitrogens is 2. The van der Waals surface area contributed by atoms with Gasteiger partial charge in [-0.1, -0.05) is 63.8 Å². The highest BCUT2D eigenvalue weighted by atomic mass is 19.1. The van der Waals surface area contributed by atoms with Crippen LogP contribution in [0.3, 0.4) is 0 Å². The van der Waals surface area contributed by atoms with E-state index in [9.17, 15) is 24.3 Å². The first-order chi connectivity index (χ1) is 27.0. The van der Waals surface area contributed by atoms with Crippen molar-refractivity contribution in [2.45, 2.75) is 116 Å². The molecule has 8 atom stereocenters. The second-order valence-corrected chi connectivity index (χ2v) is 18.5. The summed E-state index contributed by atoms with van der Waals surface area (Å²) in [6, 6.07) is 11.7. The van der Waals surface area contributed by atoms with E-state index < -0.39 is 5.82 Å². The first-order valence-electron chi connectivity index (χ1n) is 21.5. The number of benzene rings is 2. The number of halogens is 1. The number of carbonyl (C=O) groups excluding carboxylic acids is 3. The van der Waals surface area contributed by atoms with Crippen molar-refractivity contribution in [1.82, 2.24) is 20.0 Å². The minimum Gasteiger partial charge on any atom is -0.393 e. The van der Waals surface area contributed by atoms with Crippen LogP contribution in [0.15, 0.2) is 47.3 Å². The summed E-state index contributed by atoms with van der Waals surface area (Å²) in [4.78, 5) is 55.0. The summed E-state index contributed by atoms with van der Waals surface area (Å²) in [6.07, 6.45) is 14.0. The Labute approximate surface area is 329 Å². The molecule has 9 nitrogen and oxygen atoms in total. The van der Waals surface area contributed by atoms with Gasteiger partial charge in [-0.05, 0) is 109 Å². The van der Waals surface area contributed by atoms with Crippen LogP contribution in [0.25, 0.3) is 10.8 Å². The summed E-state index contributed by atoms with van der Waals surface area (Å²) >= 11 is 0. The molecule has 2 amide bonds. The van der Waals surface area contributed by atoms with Crippen LogP contribution in [0.2, 0.25) is 0 Å². The Morgan fingerprint density at radius 1 is 0.893 bits per heavy atom. The Bertz CT molecular complexity index is 2030. The number of carbonyl (C=O) groups is 3. The number of rotatable bonds is 10. The molecule has 8 rings (SSSR count). The number of Topliss-reactive ketones (excluding diaryl/α,β-unsaturated/α-hetero) is 1. The molecule has 4 saturated carbocycles. The topological polar surface area (TPSA) is 124 Å². The third-order valence-corrected chi connectivity index (χ3v) is 15.7. The Hall–Kier alpha value is -3.92. The van der Waals surface area contributed by atoms with Gasteiger partial charge in [0, 0.05) is 57.2 Å². The van der Waals surface area contributed by atoms with Crippen molar-refractivity contribution in [3.63, 3.8) is 0 Å². The van der Waals surface area contributed by atoms with E-state index in [1.165, 1.54) is 18.9 Å². The highest BCUT2D eigenvalue weighted by Crippen LogP contribution is 2.67. The second kappa shape index (κ2) is 15.8. The molecule has 0 unspecified atom stereocenters. The first kappa shape index (κ1) is 38.9. The lowest BCUT2D eigenvalue weighted by Crippen LogP contribution is -2.57. The van der Waals surface area contributed by atoms with E-state index in [4.69, 9.17) is 0 Å². The standard InChI is InChI=1S/C46H59FN4O5/c1-45-19-17-32(52)28-31(45)27-30(42-36-14-16-40(53)46(36,2)20-18-37(42)45)9-5-3-4-6-12-41(54)50-21-23-51(24-22-50)44(56)35-25-29(13-15-38(35)47)26-39-33-10-7-8-11-34(33)43(55)49-48-39/h7-8,10-11,13,15,25,30-31,36-37,40,42,53H,3-6,9,12,14,16-24,26-28H2,1-2H3,(H,49,55)/t30-,31+,36+,37+,40+,42+,45+,46+/m1/s1. The van der Waals surface area contributed by atoms with Crippen LogP contribution in [-0.2, 0) is 16.0 Å². The minimum atomic E-state index is -0.586. The predicted octanol–water partition coefficient (Wildman–Crippen LogP) is 7.48. The molecular formula is C46H59FN4O5. The van der Waals surface area contributed by atoms with Gasteiger partial charge in [-0.2, -0.15) is 5.10 Å². The Morgan fingerprint density at radius 3 is 2.43 bits per heavy atom. The summed E-state index contributed by atoms with van der Waals surface area (Å²) in [5, 5.41) is 19.1. The fraction of sp³-hybridized carbons (Fsp3) is 0.630. The van der Waals surface area contributed by atoms with Crippen LogP contribution < -0.4 is 5.56 Å². The van der Waals surface area contributed by atoms with Crippen LogP contribution in [0.4, 0.5) is 4.39 Å². The number of H-pyrrole nitrogens is 1. The van der Waals surface area contributed by atoms with E-state index >= 15 is 4.39 Å². The zero-order valence-corrected chi connectivity index (χ0v) is 33.2. The van der Waals surface area contributed by atoms with E-state index in [1.807, 2.05) is 17.0 Å². The lowest BCUT2D eigenvalue weighted by molar-refractivity contribution is -0.156. The van der Waals surface area contributed by atoms with Crippen LogP contribution >= 0.6 is 0 Å². The number of unbranched alkanes of at least 4 members (excludes halogenated alkanes) is 3. The van der Waals surface area contributed by atoms with E-state index in [2.05, 4.69) is 24.0 Å². The van der Waals surface area contributed by atoms with Crippen molar-refractivity contribution in [2.24, 2.45) is 40.4 Å². The average molecular weight is 767 g/mol. The van der Waals surface area contributed by atoms with E-state index in [0.717, 1.165) is 76.0 Å². The number of aromatic amines is 1. The number of piperazine rings is 1. The molecule has 5 fully saturated rings.